The summed E-state index contributed by atoms with van der Waals surface area (Å²) in [6.45, 7) is 2.80. The third-order valence-electron chi connectivity index (χ3n) is 4.53. The number of nitrogens with one attached hydrogen (secondary N) is 1. The molecule has 5 nitrogen and oxygen atoms in total. The average Bonchev–Trinajstić information content (AvgIpc) is 2.65. The summed E-state index contributed by atoms with van der Waals surface area (Å²) in [5, 5.41) is 2.95. The highest BCUT2D eigenvalue weighted by atomic mass is 16.5. The van der Waals surface area contributed by atoms with E-state index in [-0.39, 0.29) is 11.8 Å². The monoisotopic (exact) mass is 352 g/mol. The number of methoxy groups -OCH3 is 1. The minimum Gasteiger partial charge on any atom is -0.497 e. The summed E-state index contributed by atoms with van der Waals surface area (Å²) in [5.74, 6) is 0.887. The number of carbonyl (C=O) groups excluding carboxylic acids is 2. The molecule has 0 bridgehead atoms. The molecular weight excluding hydrogens is 328 g/mol. The van der Waals surface area contributed by atoms with E-state index in [1.807, 2.05) is 47.4 Å². The molecule has 0 spiro atoms. The molecule has 1 heterocycles. The summed E-state index contributed by atoms with van der Waals surface area (Å²) in [6.07, 6.45) is 2.47. The predicted molar refractivity (Wildman–Crippen MR) is 103 cm³/mol. The van der Waals surface area contributed by atoms with Gasteiger partial charge in [-0.3, -0.25) is 9.59 Å². The molecule has 3 rings (SSSR count). The third kappa shape index (κ3) is 4.04. The SMILES string of the molecule is CCCN1C(=O)CCc2cc(NC(=O)Cc3ccc(OC)cc3)ccc21. The highest BCUT2D eigenvalue weighted by molar-refractivity contribution is 5.97. The maximum atomic E-state index is 12.3. The first kappa shape index (κ1) is 18.0. The van der Waals surface area contributed by atoms with E-state index in [1.54, 1.807) is 7.11 Å². The van der Waals surface area contributed by atoms with E-state index in [4.69, 9.17) is 4.74 Å². The fraction of sp³-hybridized carbons (Fsp3) is 0.333. The van der Waals surface area contributed by atoms with Crippen LogP contribution < -0.4 is 15.0 Å². The van der Waals surface area contributed by atoms with E-state index in [0.29, 0.717) is 12.8 Å². The number of hydrogen-bond acceptors (Lipinski definition) is 3. The van der Waals surface area contributed by atoms with E-state index in [0.717, 1.165) is 47.6 Å². The van der Waals surface area contributed by atoms with Crippen molar-refractivity contribution >= 4 is 23.2 Å². The number of amides is 2. The van der Waals surface area contributed by atoms with Gasteiger partial charge in [0.15, 0.2) is 0 Å². The van der Waals surface area contributed by atoms with Crippen molar-refractivity contribution in [3.05, 3.63) is 53.6 Å². The largest absolute Gasteiger partial charge is 0.497 e. The lowest BCUT2D eigenvalue weighted by atomic mass is 10.00. The van der Waals surface area contributed by atoms with Crippen LogP contribution in [0.5, 0.6) is 5.75 Å². The van der Waals surface area contributed by atoms with Gasteiger partial charge >= 0.3 is 0 Å². The third-order valence-corrected chi connectivity index (χ3v) is 4.53. The molecule has 1 aliphatic heterocycles. The number of aryl methyl sites for hydroxylation is 1. The molecule has 0 unspecified atom stereocenters. The minimum atomic E-state index is -0.0626. The van der Waals surface area contributed by atoms with Crippen molar-refractivity contribution < 1.29 is 14.3 Å². The number of fused-ring (bicyclic) bond motifs is 1. The molecular formula is C21H24N2O3. The maximum absolute atomic E-state index is 12.3. The number of nitrogens with zero attached hydrogens (tertiary/aromatic N) is 1. The molecule has 136 valence electrons. The first-order valence-corrected chi connectivity index (χ1v) is 8.96. The Morgan fingerprint density at radius 3 is 2.62 bits per heavy atom. The van der Waals surface area contributed by atoms with Crippen LogP contribution in [0.4, 0.5) is 11.4 Å². The molecule has 0 atom stereocenters. The average molecular weight is 352 g/mol. The first-order chi connectivity index (χ1) is 12.6. The number of ether oxygens (including phenoxy) is 1. The van der Waals surface area contributed by atoms with Gasteiger partial charge < -0.3 is 15.0 Å². The van der Waals surface area contributed by atoms with Gasteiger partial charge in [-0.1, -0.05) is 19.1 Å². The molecule has 2 aromatic rings. The molecule has 1 N–H and O–H groups in total. The van der Waals surface area contributed by atoms with Crippen molar-refractivity contribution in [2.45, 2.75) is 32.6 Å². The van der Waals surface area contributed by atoms with Gasteiger partial charge in [-0.15, -0.1) is 0 Å². The van der Waals surface area contributed by atoms with Crippen LogP contribution in [0, 0.1) is 0 Å². The lowest BCUT2D eigenvalue weighted by Crippen LogP contribution is -2.35. The van der Waals surface area contributed by atoms with Crippen molar-refractivity contribution in [1.82, 2.24) is 0 Å². The van der Waals surface area contributed by atoms with Crippen LogP contribution in [0.1, 0.15) is 30.9 Å². The Balaban J connectivity index is 1.68. The second-order valence-electron chi connectivity index (χ2n) is 6.46. The van der Waals surface area contributed by atoms with Crippen molar-refractivity contribution in [1.29, 1.82) is 0 Å². The van der Waals surface area contributed by atoms with Gasteiger partial charge in [-0.2, -0.15) is 0 Å². The molecule has 26 heavy (non-hydrogen) atoms. The van der Waals surface area contributed by atoms with Crippen LogP contribution >= 0.6 is 0 Å². The standard InChI is InChI=1S/C21H24N2O3/c1-3-12-23-19-10-7-17(14-16(19)6-11-21(23)25)22-20(24)13-15-4-8-18(26-2)9-5-15/h4-5,7-10,14H,3,6,11-13H2,1-2H3,(H,22,24). The first-order valence-electron chi connectivity index (χ1n) is 8.96. The van der Waals surface area contributed by atoms with Crippen molar-refractivity contribution in [3.63, 3.8) is 0 Å². The summed E-state index contributed by atoms with van der Waals surface area (Å²) in [5.41, 5.74) is 3.78. The molecule has 1 aliphatic rings. The Hall–Kier alpha value is -2.82. The fourth-order valence-electron chi connectivity index (χ4n) is 3.24. The number of anilines is 2. The summed E-state index contributed by atoms with van der Waals surface area (Å²) in [7, 11) is 1.62. The predicted octanol–water partition coefficient (Wildman–Crippen LogP) is 3.57. The topological polar surface area (TPSA) is 58.6 Å². The smallest absolute Gasteiger partial charge is 0.228 e. The van der Waals surface area contributed by atoms with Crippen LogP contribution in [0.2, 0.25) is 0 Å². The number of carbonyl (C=O) groups is 2. The Bertz CT molecular complexity index is 799. The normalized spacial score (nSPS) is 13.3. The van der Waals surface area contributed by atoms with Gasteiger partial charge in [-0.25, -0.2) is 0 Å². The Kier molecular flexibility index (Phi) is 5.56. The molecule has 0 aliphatic carbocycles. The van der Waals surface area contributed by atoms with E-state index >= 15 is 0 Å². The minimum absolute atomic E-state index is 0.0626. The Morgan fingerprint density at radius 1 is 1.15 bits per heavy atom. The highest BCUT2D eigenvalue weighted by Crippen LogP contribution is 2.30. The lowest BCUT2D eigenvalue weighted by molar-refractivity contribution is -0.119. The van der Waals surface area contributed by atoms with E-state index in [1.165, 1.54) is 0 Å². The molecule has 0 saturated heterocycles. The molecule has 0 saturated carbocycles. The second kappa shape index (κ2) is 8.04. The van der Waals surface area contributed by atoms with E-state index < -0.39 is 0 Å². The molecule has 5 heteroatoms. The fourth-order valence-corrected chi connectivity index (χ4v) is 3.24. The van der Waals surface area contributed by atoms with Gasteiger partial charge in [0, 0.05) is 24.3 Å². The zero-order valence-corrected chi connectivity index (χ0v) is 15.2. The second-order valence-corrected chi connectivity index (χ2v) is 6.46. The van der Waals surface area contributed by atoms with Gasteiger partial charge in [-0.05, 0) is 54.3 Å². The number of rotatable bonds is 6. The molecule has 0 fully saturated rings. The Labute approximate surface area is 154 Å². The maximum Gasteiger partial charge on any atom is 0.228 e. The van der Waals surface area contributed by atoms with Crippen molar-refractivity contribution in [2.24, 2.45) is 0 Å². The van der Waals surface area contributed by atoms with Crippen molar-refractivity contribution in [2.75, 3.05) is 23.9 Å². The summed E-state index contributed by atoms with van der Waals surface area (Å²) in [4.78, 5) is 26.3. The molecule has 2 amide bonds. The highest BCUT2D eigenvalue weighted by Gasteiger charge is 2.23. The Morgan fingerprint density at radius 2 is 1.92 bits per heavy atom. The van der Waals surface area contributed by atoms with E-state index in [2.05, 4.69) is 12.2 Å². The van der Waals surface area contributed by atoms with Gasteiger partial charge in [0.2, 0.25) is 11.8 Å². The number of benzene rings is 2. The van der Waals surface area contributed by atoms with Crippen LogP contribution in [-0.2, 0) is 22.4 Å². The summed E-state index contributed by atoms with van der Waals surface area (Å²) in [6, 6.07) is 13.3. The quantitative estimate of drug-likeness (QED) is 0.865. The van der Waals surface area contributed by atoms with Crippen LogP contribution in [0.15, 0.2) is 42.5 Å². The van der Waals surface area contributed by atoms with Crippen LogP contribution in [0.25, 0.3) is 0 Å². The van der Waals surface area contributed by atoms with Crippen molar-refractivity contribution in [3.8, 4) is 5.75 Å². The molecule has 0 radical (unpaired) electrons. The van der Waals surface area contributed by atoms with Crippen LogP contribution in [-0.4, -0.2) is 25.5 Å². The molecule has 2 aromatic carbocycles. The zero-order valence-electron chi connectivity index (χ0n) is 15.2. The van der Waals surface area contributed by atoms with Gasteiger partial charge in [0.1, 0.15) is 5.75 Å². The summed E-state index contributed by atoms with van der Waals surface area (Å²) < 4.78 is 5.13. The number of hydrogen-bond donors (Lipinski definition) is 1. The van der Waals surface area contributed by atoms with Crippen LogP contribution in [0.3, 0.4) is 0 Å². The van der Waals surface area contributed by atoms with Gasteiger partial charge in [0.05, 0.1) is 13.5 Å². The zero-order chi connectivity index (χ0) is 18.5. The summed E-state index contributed by atoms with van der Waals surface area (Å²) >= 11 is 0. The lowest BCUT2D eigenvalue weighted by Gasteiger charge is -2.29. The molecule has 0 aromatic heterocycles. The van der Waals surface area contributed by atoms with E-state index in [9.17, 15) is 9.59 Å². The van der Waals surface area contributed by atoms with Gasteiger partial charge in [0.25, 0.3) is 0 Å².